The first-order chi connectivity index (χ1) is 16.6. The smallest absolute Gasteiger partial charge is 0.259 e. The molecule has 1 aliphatic carbocycles. The molecule has 1 N–H and O–H groups in total. The monoisotopic (exact) mass is 493 g/mol. The summed E-state index contributed by atoms with van der Waals surface area (Å²) in [5, 5.41) is 9.77. The summed E-state index contributed by atoms with van der Waals surface area (Å²) in [7, 11) is 0. The zero-order valence-corrected chi connectivity index (χ0v) is 20.6. The summed E-state index contributed by atoms with van der Waals surface area (Å²) >= 11 is 3.16. The molecule has 176 valence electrons. The third kappa shape index (κ3) is 4.84. The first-order valence-electron chi connectivity index (χ1n) is 11.8. The Bertz CT molecular complexity index is 1290. The van der Waals surface area contributed by atoms with Crippen LogP contribution < -0.4 is 10.5 Å². The van der Waals surface area contributed by atoms with Crippen molar-refractivity contribution >= 4 is 44.9 Å². The average Bonchev–Trinajstić information content (AvgIpc) is 3.05. The van der Waals surface area contributed by atoms with Crippen LogP contribution in [-0.2, 0) is 23.4 Å². The normalized spacial score (nSPS) is 16.2. The summed E-state index contributed by atoms with van der Waals surface area (Å²) in [6, 6.07) is 9.76. The van der Waals surface area contributed by atoms with Gasteiger partial charge in [-0.25, -0.2) is 4.98 Å². The zero-order chi connectivity index (χ0) is 23.5. The predicted octanol–water partition coefficient (Wildman–Crippen LogP) is 3.71. The Morgan fingerprint density at radius 2 is 1.94 bits per heavy atom. The minimum absolute atomic E-state index is 0.0401. The second-order valence-corrected chi connectivity index (χ2v) is 10.8. The quantitative estimate of drug-likeness (QED) is 0.583. The number of rotatable bonds is 5. The number of hydrogen-bond donors (Lipinski definition) is 1. The van der Waals surface area contributed by atoms with E-state index in [1.807, 2.05) is 29.2 Å². The predicted molar refractivity (Wildman–Crippen MR) is 138 cm³/mol. The number of hydrogen-bond acceptors (Lipinski definition) is 7. The topological polar surface area (TPSA) is 93.1 Å². The number of thioether (sulfide) groups is 1. The van der Waals surface area contributed by atoms with E-state index >= 15 is 0 Å². The second-order valence-electron chi connectivity index (χ2n) is 8.78. The van der Waals surface area contributed by atoms with Gasteiger partial charge in [0.15, 0.2) is 0 Å². The van der Waals surface area contributed by atoms with Crippen molar-refractivity contribution in [2.75, 3.05) is 36.8 Å². The summed E-state index contributed by atoms with van der Waals surface area (Å²) in [6.07, 6.45) is 5.25. The highest BCUT2D eigenvalue weighted by molar-refractivity contribution is 7.99. The number of H-pyrrole nitrogens is 1. The van der Waals surface area contributed by atoms with Gasteiger partial charge < -0.3 is 14.8 Å². The highest BCUT2D eigenvalue weighted by atomic mass is 32.2. The summed E-state index contributed by atoms with van der Waals surface area (Å²) < 4.78 is 0. The van der Waals surface area contributed by atoms with Crippen LogP contribution in [0.3, 0.4) is 0 Å². The Morgan fingerprint density at radius 3 is 2.76 bits per heavy atom. The van der Waals surface area contributed by atoms with Gasteiger partial charge in [-0.1, -0.05) is 0 Å². The SMILES string of the molecule is N#Cc1ccc(N2CCCN(C(=O)CSCc3nc4sc5c(c4c(=O)[nH]3)CCCC5)CC2)cc1. The van der Waals surface area contributed by atoms with Crippen molar-refractivity contribution < 1.29 is 4.79 Å². The molecule has 1 saturated heterocycles. The number of aromatic amines is 1. The number of aromatic nitrogens is 2. The minimum atomic E-state index is -0.0401. The lowest BCUT2D eigenvalue weighted by Crippen LogP contribution is -2.36. The lowest BCUT2D eigenvalue weighted by Gasteiger charge is -2.23. The number of anilines is 1. The molecule has 34 heavy (non-hydrogen) atoms. The number of nitrogens with zero attached hydrogens (tertiary/aromatic N) is 4. The van der Waals surface area contributed by atoms with Crippen LogP contribution in [0.4, 0.5) is 5.69 Å². The van der Waals surface area contributed by atoms with Gasteiger partial charge in [0.05, 0.1) is 28.5 Å². The number of nitrogens with one attached hydrogen (secondary N) is 1. The number of aryl methyl sites for hydroxylation is 2. The molecule has 2 aliphatic rings. The van der Waals surface area contributed by atoms with E-state index in [4.69, 9.17) is 10.2 Å². The number of carbonyl (C=O) groups excluding carboxylic acids is 1. The van der Waals surface area contributed by atoms with Crippen molar-refractivity contribution in [3.05, 3.63) is 56.4 Å². The lowest BCUT2D eigenvalue weighted by molar-refractivity contribution is -0.128. The van der Waals surface area contributed by atoms with Crippen LogP contribution in [0.25, 0.3) is 10.2 Å². The molecule has 3 aromatic rings. The lowest BCUT2D eigenvalue weighted by atomic mass is 9.97. The Labute approximate surface area is 206 Å². The van der Waals surface area contributed by atoms with E-state index in [2.05, 4.69) is 16.0 Å². The molecule has 0 radical (unpaired) electrons. The summed E-state index contributed by atoms with van der Waals surface area (Å²) in [5.74, 6) is 1.67. The highest BCUT2D eigenvalue weighted by Crippen LogP contribution is 2.33. The Morgan fingerprint density at radius 1 is 1.12 bits per heavy atom. The molecule has 0 bridgehead atoms. The standard InChI is InChI=1S/C25H27N5O2S2/c26-14-17-6-8-18(9-7-17)29-10-3-11-30(13-12-29)22(31)16-33-15-21-27-24(32)23-19-4-1-2-5-20(19)34-25(23)28-21/h6-9H,1-5,10-13,15-16H2,(H,27,28,32). The molecule has 7 nitrogen and oxygen atoms in total. The van der Waals surface area contributed by atoms with Crippen LogP contribution in [0.1, 0.15) is 41.1 Å². The Balaban J connectivity index is 1.16. The van der Waals surface area contributed by atoms with E-state index in [0.29, 0.717) is 29.4 Å². The number of carbonyl (C=O) groups is 1. The summed E-state index contributed by atoms with van der Waals surface area (Å²) in [4.78, 5) is 39.6. The molecule has 1 fully saturated rings. The highest BCUT2D eigenvalue weighted by Gasteiger charge is 2.21. The van der Waals surface area contributed by atoms with Gasteiger partial charge >= 0.3 is 0 Å². The van der Waals surface area contributed by atoms with E-state index in [1.54, 1.807) is 11.3 Å². The third-order valence-corrected chi connectivity index (χ3v) is 8.66. The Kier molecular flexibility index (Phi) is 6.88. The minimum Gasteiger partial charge on any atom is -0.370 e. The van der Waals surface area contributed by atoms with Gasteiger partial charge in [-0.3, -0.25) is 9.59 Å². The fourth-order valence-electron chi connectivity index (χ4n) is 4.77. The molecule has 0 spiro atoms. The van der Waals surface area contributed by atoms with Gasteiger partial charge in [-0.2, -0.15) is 5.26 Å². The van der Waals surface area contributed by atoms with Crippen LogP contribution in [0, 0.1) is 11.3 Å². The number of fused-ring (bicyclic) bond motifs is 3. The number of benzene rings is 1. The van der Waals surface area contributed by atoms with Crippen molar-refractivity contribution in [3.8, 4) is 6.07 Å². The van der Waals surface area contributed by atoms with Crippen molar-refractivity contribution in [3.63, 3.8) is 0 Å². The molecule has 0 atom stereocenters. The van der Waals surface area contributed by atoms with Gasteiger partial charge in [0.1, 0.15) is 10.7 Å². The Hall–Kier alpha value is -2.83. The molecular weight excluding hydrogens is 466 g/mol. The summed E-state index contributed by atoms with van der Waals surface area (Å²) in [6.45, 7) is 3.09. The van der Waals surface area contributed by atoms with Crippen LogP contribution in [0.15, 0.2) is 29.1 Å². The average molecular weight is 494 g/mol. The van der Waals surface area contributed by atoms with Crippen molar-refractivity contribution in [1.82, 2.24) is 14.9 Å². The molecule has 0 saturated carbocycles. The maximum absolute atomic E-state index is 12.8. The number of nitriles is 1. The second kappa shape index (κ2) is 10.2. The molecule has 1 aliphatic heterocycles. The fourth-order valence-corrected chi connectivity index (χ4v) is 6.85. The van der Waals surface area contributed by atoms with Gasteiger partial charge in [0.2, 0.25) is 5.91 Å². The molecule has 5 rings (SSSR count). The molecule has 2 aromatic heterocycles. The third-order valence-electron chi connectivity index (χ3n) is 6.55. The summed E-state index contributed by atoms with van der Waals surface area (Å²) in [5.41, 5.74) is 2.90. The molecule has 9 heteroatoms. The maximum Gasteiger partial charge on any atom is 0.259 e. The molecule has 3 heterocycles. The van der Waals surface area contributed by atoms with Crippen LogP contribution in [0.5, 0.6) is 0 Å². The van der Waals surface area contributed by atoms with E-state index in [9.17, 15) is 9.59 Å². The maximum atomic E-state index is 12.8. The molecular formula is C25H27N5O2S2. The largest absolute Gasteiger partial charge is 0.370 e. The van der Waals surface area contributed by atoms with Crippen molar-refractivity contribution in [2.45, 2.75) is 37.9 Å². The first kappa shape index (κ1) is 22.9. The van der Waals surface area contributed by atoms with Gasteiger partial charge in [-0.15, -0.1) is 23.1 Å². The van der Waals surface area contributed by atoms with Gasteiger partial charge in [0.25, 0.3) is 5.56 Å². The molecule has 1 aromatic carbocycles. The zero-order valence-electron chi connectivity index (χ0n) is 19.0. The van der Waals surface area contributed by atoms with Crippen LogP contribution in [0.2, 0.25) is 0 Å². The van der Waals surface area contributed by atoms with Crippen molar-refractivity contribution in [1.29, 1.82) is 5.26 Å². The van der Waals surface area contributed by atoms with Gasteiger partial charge in [-0.05, 0) is 61.9 Å². The van der Waals surface area contributed by atoms with Gasteiger partial charge in [0, 0.05) is 36.7 Å². The molecule has 1 amide bonds. The van der Waals surface area contributed by atoms with E-state index in [1.165, 1.54) is 28.6 Å². The fraction of sp³-hybridized carbons (Fsp3) is 0.440. The van der Waals surface area contributed by atoms with Crippen LogP contribution >= 0.6 is 23.1 Å². The van der Waals surface area contributed by atoms with Crippen molar-refractivity contribution in [2.24, 2.45) is 0 Å². The van der Waals surface area contributed by atoms with E-state index < -0.39 is 0 Å². The van der Waals surface area contributed by atoms with E-state index in [-0.39, 0.29) is 11.5 Å². The number of amides is 1. The first-order valence-corrected chi connectivity index (χ1v) is 13.7. The number of thiophene rings is 1. The molecule has 0 unspecified atom stereocenters. The van der Waals surface area contributed by atoms with Crippen LogP contribution in [-0.4, -0.2) is 52.7 Å². The van der Waals surface area contributed by atoms with E-state index in [0.717, 1.165) is 61.2 Å².